The normalized spacial score (nSPS) is 12.8. The van der Waals surface area contributed by atoms with Crippen LogP contribution in [-0.2, 0) is 11.2 Å². The zero-order chi connectivity index (χ0) is 17.1. The number of imidazole rings is 1. The Morgan fingerprint density at radius 2 is 2.00 bits per heavy atom. The van der Waals surface area contributed by atoms with Gasteiger partial charge in [0.1, 0.15) is 11.3 Å². The Balaban J connectivity index is 2.30. The van der Waals surface area contributed by atoms with Gasteiger partial charge in [-0.1, -0.05) is 38.5 Å². The highest BCUT2D eigenvalue weighted by atomic mass is 16.1. The van der Waals surface area contributed by atoms with E-state index >= 15 is 0 Å². The lowest BCUT2D eigenvalue weighted by Gasteiger charge is -2.21. The fourth-order valence-electron chi connectivity index (χ4n) is 3.45. The predicted octanol–water partition coefficient (Wildman–Crippen LogP) is 3.75. The van der Waals surface area contributed by atoms with E-state index in [4.69, 9.17) is 10.7 Å². The molecule has 2 heterocycles. The van der Waals surface area contributed by atoms with Gasteiger partial charge in [-0.25, -0.2) is 4.98 Å². The molecule has 0 saturated carbocycles. The number of fused-ring (bicyclic) bond motifs is 3. The van der Waals surface area contributed by atoms with E-state index in [-0.39, 0.29) is 11.9 Å². The minimum atomic E-state index is -0.267. The molecule has 0 aliphatic carbocycles. The minimum absolute atomic E-state index is 0.0462. The molecule has 1 atom stereocenters. The summed E-state index contributed by atoms with van der Waals surface area (Å²) < 4.78 is 2.25. The number of hydrogen-bond acceptors (Lipinski definition) is 3. The van der Waals surface area contributed by atoms with Gasteiger partial charge in [-0.05, 0) is 18.9 Å². The molecular formula is C19H24N4O. The summed E-state index contributed by atoms with van der Waals surface area (Å²) in [4.78, 5) is 21.0. The average Bonchev–Trinajstić information content (AvgIpc) is 2.93. The molecule has 0 saturated heterocycles. The predicted molar refractivity (Wildman–Crippen MR) is 96.8 cm³/mol. The van der Waals surface area contributed by atoms with E-state index in [1.54, 1.807) is 0 Å². The van der Waals surface area contributed by atoms with Crippen LogP contribution in [-0.4, -0.2) is 20.4 Å². The number of benzene rings is 1. The number of hydrogen-bond donors (Lipinski definition) is 1. The van der Waals surface area contributed by atoms with Crippen molar-refractivity contribution in [3.63, 3.8) is 0 Å². The minimum Gasteiger partial charge on any atom is -0.370 e. The van der Waals surface area contributed by atoms with Gasteiger partial charge in [-0.2, -0.15) is 0 Å². The van der Waals surface area contributed by atoms with Crippen LogP contribution in [0.25, 0.3) is 21.9 Å². The molecule has 0 fully saturated rings. The van der Waals surface area contributed by atoms with Crippen LogP contribution in [0.5, 0.6) is 0 Å². The summed E-state index contributed by atoms with van der Waals surface area (Å²) in [6.07, 6.45) is 5.95. The maximum atomic E-state index is 11.6. The zero-order valence-corrected chi connectivity index (χ0v) is 14.3. The number of aromatic nitrogens is 3. The van der Waals surface area contributed by atoms with Gasteiger partial charge in [0.25, 0.3) is 0 Å². The summed E-state index contributed by atoms with van der Waals surface area (Å²) in [7, 11) is 0. The topological polar surface area (TPSA) is 73.8 Å². The number of nitrogens with two attached hydrogens (primary N) is 1. The third kappa shape index (κ3) is 2.98. The quantitative estimate of drug-likeness (QED) is 0.719. The van der Waals surface area contributed by atoms with E-state index in [1.807, 2.05) is 24.4 Å². The Labute approximate surface area is 141 Å². The third-order valence-corrected chi connectivity index (χ3v) is 4.39. The second kappa shape index (κ2) is 6.99. The van der Waals surface area contributed by atoms with Crippen LogP contribution >= 0.6 is 0 Å². The van der Waals surface area contributed by atoms with Gasteiger partial charge >= 0.3 is 0 Å². The molecule has 24 heavy (non-hydrogen) atoms. The van der Waals surface area contributed by atoms with Crippen LogP contribution in [0.1, 0.15) is 51.4 Å². The fourth-order valence-corrected chi connectivity index (χ4v) is 3.45. The van der Waals surface area contributed by atoms with Crippen molar-refractivity contribution in [1.29, 1.82) is 0 Å². The zero-order valence-electron chi connectivity index (χ0n) is 14.3. The van der Waals surface area contributed by atoms with Crippen molar-refractivity contribution in [2.24, 2.45) is 5.73 Å². The van der Waals surface area contributed by atoms with E-state index in [9.17, 15) is 4.79 Å². The lowest BCUT2D eigenvalue weighted by Crippen LogP contribution is -2.21. The highest BCUT2D eigenvalue weighted by Gasteiger charge is 2.21. The van der Waals surface area contributed by atoms with Crippen molar-refractivity contribution in [1.82, 2.24) is 14.5 Å². The molecule has 2 aromatic heterocycles. The van der Waals surface area contributed by atoms with Crippen LogP contribution in [0.4, 0.5) is 0 Å². The van der Waals surface area contributed by atoms with E-state index in [0.29, 0.717) is 6.42 Å². The number of para-hydroxylation sites is 1. The number of nitrogens with zero attached hydrogens (tertiary/aromatic N) is 3. The Bertz CT molecular complexity index is 868. The molecule has 2 N–H and O–H groups in total. The second-order valence-electron chi connectivity index (χ2n) is 6.27. The number of amides is 1. The summed E-state index contributed by atoms with van der Waals surface area (Å²) >= 11 is 0. The second-order valence-corrected chi connectivity index (χ2v) is 6.27. The number of primary amides is 1. The SMILES string of the molecule is CCCc1nc2cnc3ccccc3c2n1C(CCC)CC(N)=O. The molecule has 1 amide bonds. The van der Waals surface area contributed by atoms with E-state index in [1.165, 1.54) is 0 Å². The van der Waals surface area contributed by atoms with Gasteiger partial charge in [-0.3, -0.25) is 9.78 Å². The van der Waals surface area contributed by atoms with Crippen molar-refractivity contribution in [2.75, 3.05) is 0 Å². The van der Waals surface area contributed by atoms with E-state index in [0.717, 1.165) is 53.4 Å². The molecule has 0 aliphatic heterocycles. The maximum Gasteiger partial charge on any atom is 0.219 e. The summed E-state index contributed by atoms with van der Waals surface area (Å²) in [6.45, 7) is 4.27. The molecular weight excluding hydrogens is 300 g/mol. The third-order valence-electron chi connectivity index (χ3n) is 4.39. The Kier molecular flexibility index (Phi) is 4.79. The van der Waals surface area contributed by atoms with E-state index in [2.05, 4.69) is 29.5 Å². The molecule has 0 aliphatic rings. The van der Waals surface area contributed by atoms with Gasteiger partial charge in [0, 0.05) is 24.3 Å². The van der Waals surface area contributed by atoms with Gasteiger partial charge in [0.05, 0.1) is 17.2 Å². The van der Waals surface area contributed by atoms with Crippen LogP contribution in [0.15, 0.2) is 30.5 Å². The summed E-state index contributed by atoms with van der Waals surface area (Å²) in [5, 5.41) is 1.08. The standard InChI is InChI=1S/C19H24N4O/c1-3-7-13(11-17(20)24)23-18(8-4-2)22-16-12-21-15-10-6-5-9-14(15)19(16)23/h5-6,9-10,12-13H,3-4,7-8,11H2,1-2H3,(H2,20,24). The van der Waals surface area contributed by atoms with Crippen molar-refractivity contribution >= 4 is 27.8 Å². The Hall–Kier alpha value is -2.43. The monoisotopic (exact) mass is 324 g/mol. The summed E-state index contributed by atoms with van der Waals surface area (Å²) in [6, 6.07) is 8.13. The highest BCUT2D eigenvalue weighted by Crippen LogP contribution is 2.31. The first kappa shape index (κ1) is 16.4. The number of pyridine rings is 1. The molecule has 0 bridgehead atoms. The van der Waals surface area contributed by atoms with Crippen LogP contribution in [0.3, 0.4) is 0 Å². The molecule has 5 nitrogen and oxygen atoms in total. The first-order valence-electron chi connectivity index (χ1n) is 8.68. The highest BCUT2D eigenvalue weighted by molar-refractivity contribution is 6.02. The number of aryl methyl sites for hydroxylation is 1. The van der Waals surface area contributed by atoms with Gasteiger partial charge in [0.15, 0.2) is 0 Å². The largest absolute Gasteiger partial charge is 0.370 e. The smallest absolute Gasteiger partial charge is 0.219 e. The first-order valence-corrected chi connectivity index (χ1v) is 8.68. The number of rotatable bonds is 7. The fraction of sp³-hybridized carbons (Fsp3) is 0.421. The molecule has 1 aromatic carbocycles. The molecule has 1 unspecified atom stereocenters. The maximum absolute atomic E-state index is 11.6. The molecule has 3 aromatic rings. The summed E-state index contributed by atoms with van der Waals surface area (Å²) in [5.74, 6) is 0.751. The van der Waals surface area contributed by atoms with Gasteiger partial charge in [-0.15, -0.1) is 0 Å². The molecule has 0 spiro atoms. The van der Waals surface area contributed by atoms with Crippen molar-refractivity contribution in [3.8, 4) is 0 Å². The molecule has 0 radical (unpaired) electrons. The molecule has 126 valence electrons. The van der Waals surface area contributed by atoms with Crippen LogP contribution in [0.2, 0.25) is 0 Å². The summed E-state index contributed by atoms with van der Waals surface area (Å²) in [5.41, 5.74) is 8.44. The van der Waals surface area contributed by atoms with E-state index < -0.39 is 0 Å². The average molecular weight is 324 g/mol. The van der Waals surface area contributed by atoms with Crippen molar-refractivity contribution in [3.05, 3.63) is 36.3 Å². The van der Waals surface area contributed by atoms with Crippen molar-refractivity contribution < 1.29 is 4.79 Å². The van der Waals surface area contributed by atoms with Crippen LogP contribution < -0.4 is 5.73 Å². The lowest BCUT2D eigenvalue weighted by molar-refractivity contribution is -0.118. The van der Waals surface area contributed by atoms with Crippen molar-refractivity contribution in [2.45, 2.75) is 52.0 Å². The number of carbonyl (C=O) groups is 1. The first-order chi connectivity index (χ1) is 11.7. The molecule has 5 heteroatoms. The molecule has 3 rings (SSSR count). The Morgan fingerprint density at radius 3 is 2.71 bits per heavy atom. The van der Waals surface area contributed by atoms with Gasteiger partial charge in [0.2, 0.25) is 5.91 Å². The Morgan fingerprint density at radius 1 is 1.21 bits per heavy atom. The van der Waals surface area contributed by atoms with Gasteiger partial charge < -0.3 is 10.3 Å². The number of carbonyl (C=O) groups excluding carboxylic acids is 1. The van der Waals surface area contributed by atoms with Crippen LogP contribution in [0, 0.1) is 0 Å². The lowest BCUT2D eigenvalue weighted by atomic mass is 10.1.